The van der Waals surface area contributed by atoms with Gasteiger partial charge in [-0.2, -0.15) is 0 Å². The van der Waals surface area contributed by atoms with Gasteiger partial charge < -0.3 is 14.5 Å². The first-order chi connectivity index (χ1) is 10.9. The molecule has 0 aromatic heterocycles. The van der Waals surface area contributed by atoms with E-state index in [0.29, 0.717) is 23.5 Å². The number of likely N-dealkylation sites (tertiary alicyclic amines) is 1. The minimum atomic E-state index is -0.879. The number of rotatable bonds is 4. The summed E-state index contributed by atoms with van der Waals surface area (Å²) in [4.78, 5) is 28.6. The lowest BCUT2D eigenvalue weighted by Crippen LogP contribution is -2.54. The summed E-state index contributed by atoms with van der Waals surface area (Å²) in [5, 5.41) is 0. The molecule has 0 atom stereocenters. The molecule has 3 rings (SSSR count). The second kappa shape index (κ2) is 5.96. The number of amides is 1. The molecular weight excluding hydrogens is 292 g/mol. The van der Waals surface area contributed by atoms with Crippen molar-refractivity contribution in [3.05, 3.63) is 23.8 Å². The fourth-order valence-electron chi connectivity index (χ4n) is 3.26. The van der Waals surface area contributed by atoms with Gasteiger partial charge in [-0.1, -0.05) is 0 Å². The molecule has 1 amide bonds. The van der Waals surface area contributed by atoms with E-state index in [2.05, 4.69) is 4.90 Å². The number of anilines is 1. The fourth-order valence-corrected chi connectivity index (χ4v) is 3.26. The molecule has 23 heavy (non-hydrogen) atoms. The number of nitrogens with zero attached hydrogens (tertiary/aromatic N) is 2. The average molecular weight is 316 g/mol. The van der Waals surface area contributed by atoms with Gasteiger partial charge in [-0.05, 0) is 64.9 Å². The van der Waals surface area contributed by atoms with Crippen molar-refractivity contribution >= 4 is 17.4 Å². The van der Waals surface area contributed by atoms with Gasteiger partial charge in [-0.3, -0.25) is 9.59 Å². The van der Waals surface area contributed by atoms with Crippen LogP contribution in [-0.2, 0) is 4.79 Å². The Morgan fingerprint density at radius 2 is 1.91 bits per heavy atom. The lowest BCUT2D eigenvalue weighted by molar-refractivity contribution is -0.132. The summed E-state index contributed by atoms with van der Waals surface area (Å²) < 4.78 is 5.85. The number of ketones is 1. The summed E-state index contributed by atoms with van der Waals surface area (Å²) in [5.41, 5.74) is 0.433. The van der Waals surface area contributed by atoms with E-state index in [1.54, 1.807) is 36.9 Å². The smallest absolute Gasteiger partial charge is 0.270 e. The Balaban J connectivity index is 1.90. The molecule has 0 N–H and O–H groups in total. The minimum absolute atomic E-state index is 0.00965. The molecular formula is C18H24N2O3. The normalized spacial score (nSPS) is 20.3. The van der Waals surface area contributed by atoms with E-state index < -0.39 is 5.60 Å². The van der Waals surface area contributed by atoms with Gasteiger partial charge in [0.1, 0.15) is 5.75 Å². The molecule has 0 unspecified atom stereocenters. The van der Waals surface area contributed by atoms with Crippen LogP contribution < -0.4 is 9.64 Å². The van der Waals surface area contributed by atoms with Crippen LogP contribution in [0.4, 0.5) is 5.69 Å². The molecule has 1 aromatic rings. The van der Waals surface area contributed by atoms with Gasteiger partial charge in [-0.15, -0.1) is 0 Å². The number of benzene rings is 1. The van der Waals surface area contributed by atoms with Gasteiger partial charge >= 0.3 is 0 Å². The summed E-state index contributed by atoms with van der Waals surface area (Å²) >= 11 is 0. The summed E-state index contributed by atoms with van der Waals surface area (Å²) in [6, 6.07) is 5.32. The van der Waals surface area contributed by atoms with Crippen molar-refractivity contribution in [1.82, 2.24) is 4.90 Å². The fraction of sp³-hybridized carbons (Fsp3) is 0.556. The third-order valence-corrected chi connectivity index (χ3v) is 4.62. The number of hydrogen-bond acceptors (Lipinski definition) is 4. The highest BCUT2D eigenvalue weighted by atomic mass is 16.5. The molecule has 1 saturated heterocycles. The molecule has 1 aromatic carbocycles. The topological polar surface area (TPSA) is 49.9 Å². The third-order valence-electron chi connectivity index (χ3n) is 4.62. The van der Waals surface area contributed by atoms with Crippen LogP contribution in [0.15, 0.2) is 18.2 Å². The van der Waals surface area contributed by atoms with Crippen molar-refractivity contribution in [2.24, 2.45) is 0 Å². The van der Waals surface area contributed by atoms with E-state index >= 15 is 0 Å². The maximum atomic E-state index is 12.8. The highest BCUT2D eigenvalue weighted by Crippen LogP contribution is 2.38. The first kappa shape index (κ1) is 16.0. The predicted molar refractivity (Wildman–Crippen MR) is 89.2 cm³/mol. The molecule has 2 heterocycles. The zero-order valence-electron chi connectivity index (χ0n) is 14.1. The van der Waals surface area contributed by atoms with Crippen molar-refractivity contribution in [1.29, 1.82) is 0 Å². The first-order valence-corrected chi connectivity index (χ1v) is 8.27. The van der Waals surface area contributed by atoms with Crippen molar-refractivity contribution < 1.29 is 14.3 Å². The largest absolute Gasteiger partial charge is 0.476 e. The Morgan fingerprint density at radius 1 is 1.22 bits per heavy atom. The molecule has 1 fully saturated rings. The molecule has 0 saturated carbocycles. The highest BCUT2D eigenvalue weighted by Gasteiger charge is 2.41. The van der Waals surface area contributed by atoms with Crippen molar-refractivity contribution in [3.63, 3.8) is 0 Å². The molecule has 0 spiro atoms. The molecule has 0 bridgehead atoms. The van der Waals surface area contributed by atoms with Crippen LogP contribution in [0.25, 0.3) is 0 Å². The number of fused-ring (bicyclic) bond motifs is 1. The Kier molecular flexibility index (Phi) is 4.15. The van der Waals surface area contributed by atoms with Crippen LogP contribution in [0.2, 0.25) is 0 Å². The number of carbonyl (C=O) groups excluding carboxylic acids is 2. The minimum Gasteiger partial charge on any atom is -0.476 e. The van der Waals surface area contributed by atoms with Crippen molar-refractivity contribution in [2.75, 3.05) is 31.1 Å². The Labute approximate surface area is 137 Å². The van der Waals surface area contributed by atoms with Gasteiger partial charge in [0, 0.05) is 18.7 Å². The average Bonchev–Trinajstić information content (AvgIpc) is 3.00. The van der Waals surface area contributed by atoms with Gasteiger partial charge in [0.15, 0.2) is 11.4 Å². The number of hydrogen-bond donors (Lipinski definition) is 0. The SMILES string of the molecule is CC(=O)c1ccc2c(c1)N(CCN1CCCC1)C(=O)C(C)(C)O2. The van der Waals surface area contributed by atoms with E-state index in [1.165, 1.54) is 19.8 Å². The van der Waals surface area contributed by atoms with Crippen LogP contribution in [-0.4, -0.2) is 48.4 Å². The highest BCUT2D eigenvalue weighted by molar-refractivity contribution is 6.04. The lowest BCUT2D eigenvalue weighted by atomic mass is 10.0. The van der Waals surface area contributed by atoms with Crippen LogP contribution >= 0.6 is 0 Å². The first-order valence-electron chi connectivity index (χ1n) is 8.27. The second-order valence-electron chi connectivity index (χ2n) is 6.86. The summed E-state index contributed by atoms with van der Waals surface area (Å²) in [6.07, 6.45) is 2.46. The molecule has 0 aliphatic carbocycles. The monoisotopic (exact) mass is 316 g/mol. The predicted octanol–water partition coefficient (Wildman–Crippen LogP) is 2.49. The third kappa shape index (κ3) is 3.11. The van der Waals surface area contributed by atoms with Crippen molar-refractivity contribution in [2.45, 2.75) is 39.2 Å². The van der Waals surface area contributed by atoms with E-state index in [-0.39, 0.29) is 11.7 Å². The number of carbonyl (C=O) groups is 2. The summed E-state index contributed by atoms with van der Waals surface area (Å²) in [7, 11) is 0. The molecule has 5 heteroatoms. The molecule has 5 nitrogen and oxygen atoms in total. The zero-order chi connectivity index (χ0) is 16.6. The zero-order valence-corrected chi connectivity index (χ0v) is 14.1. The van der Waals surface area contributed by atoms with Gasteiger partial charge in [0.25, 0.3) is 5.91 Å². The molecule has 124 valence electrons. The summed E-state index contributed by atoms with van der Waals surface area (Å²) in [5.74, 6) is 0.607. The molecule has 2 aliphatic heterocycles. The molecule has 0 radical (unpaired) electrons. The van der Waals surface area contributed by atoms with Crippen LogP contribution in [0.1, 0.15) is 44.0 Å². The van der Waals surface area contributed by atoms with Gasteiger partial charge in [0.2, 0.25) is 0 Å². The Morgan fingerprint density at radius 3 is 2.57 bits per heavy atom. The lowest BCUT2D eigenvalue weighted by Gasteiger charge is -2.39. The number of Topliss-reactive ketones (excluding diaryl/α,β-unsaturated/α-hetero) is 1. The van der Waals surface area contributed by atoms with Crippen LogP contribution in [0.3, 0.4) is 0 Å². The Bertz CT molecular complexity index is 633. The van der Waals surface area contributed by atoms with E-state index in [9.17, 15) is 9.59 Å². The van der Waals surface area contributed by atoms with Crippen LogP contribution in [0, 0.1) is 0 Å². The quantitative estimate of drug-likeness (QED) is 0.801. The number of ether oxygens (including phenoxy) is 1. The van der Waals surface area contributed by atoms with Crippen molar-refractivity contribution in [3.8, 4) is 5.75 Å². The van der Waals surface area contributed by atoms with Gasteiger partial charge in [-0.25, -0.2) is 0 Å². The summed E-state index contributed by atoms with van der Waals surface area (Å²) in [6.45, 7) is 8.79. The standard InChI is InChI=1S/C18H24N2O3/c1-13(21)14-6-7-16-15(12-14)20(17(22)18(2,3)23-16)11-10-19-8-4-5-9-19/h6-7,12H,4-5,8-11H2,1-3H3. The van der Waals surface area contributed by atoms with E-state index in [4.69, 9.17) is 4.74 Å². The maximum Gasteiger partial charge on any atom is 0.270 e. The van der Waals surface area contributed by atoms with E-state index in [1.807, 2.05) is 0 Å². The van der Waals surface area contributed by atoms with E-state index in [0.717, 1.165) is 19.6 Å². The van der Waals surface area contributed by atoms with Gasteiger partial charge in [0.05, 0.1) is 5.69 Å². The Hall–Kier alpha value is -1.88. The maximum absolute atomic E-state index is 12.8. The molecule has 2 aliphatic rings. The van der Waals surface area contributed by atoms with Crippen LogP contribution in [0.5, 0.6) is 5.75 Å². The second-order valence-corrected chi connectivity index (χ2v) is 6.86.